The van der Waals surface area contributed by atoms with E-state index in [9.17, 15) is 5.11 Å². The molecule has 1 aliphatic carbocycles. The molecular weight excluding hydrogens is 156 g/mol. The SMILES string of the molecule is COC(OC)C(C)(O)C1CCC1. The molecule has 0 radical (unpaired) electrons. The third-order valence-corrected chi connectivity index (χ3v) is 2.84. The molecule has 1 fully saturated rings. The second kappa shape index (κ2) is 3.73. The Bertz CT molecular complexity index is 137. The van der Waals surface area contributed by atoms with E-state index >= 15 is 0 Å². The summed E-state index contributed by atoms with van der Waals surface area (Å²) in [6.45, 7) is 1.79. The van der Waals surface area contributed by atoms with E-state index in [4.69, 9.17) is 9.47 Å². The minimum atomic E-state index is -0.832. The zero-order valence-electron chi connectivity index (χ0n) is 8.04. The van der Waals surface area contributed by atoms with Gasteiger partial charge in [0.2, 0.25) is 0 Å². The summed E-state index contributed by atoms with van der Waals surface area (Å²) in [6.07, 6.45) is 2.87. The highest BCUT2D eigenvalue weighted by Gasteiger charge is 2.43. The van der Waals surface area contributed by atoms with Crippen LogP contribution in [0.2, 0.25) is 0 Å². The second-order valence-electron chi connectivity index (χ2n) is 3.66. The van der Waals surface area contributed by atoms with Gasteiger partial charge < -0.3 is 14.6 Å². The van der Waals surface area contributed by atoms with Gasteiger partial charge in [0.1, 0.15) is 5.60 Å². The number of aliphatic hydroxyl groups is 1. The van der Waals surface area contributed by atoms with Crippen molar-refractivity contribution in [3.8, 4) is 0 Å². The van der Waals surface area contributed by atoms with Gasteiger partial charge in [-0.15, -0.1) is 0 Å². The van der Waals surface area contributed by atoms with Crippen LogP contribution in [-0.2, 0) is 9.47 Å². The Morgan fingerprint density at radius 2 is 1.83 bits per heavy atom. The van der Waals surface area contributed by atoms with Gasteiger partial charge >= 0.3 is 0 Å². The van der Waals surface area contributed by atoms with E-state index in [0.29, 0.717) is 5.92 Å². The molecule has 12 heavy (non-hydrogen) atoms. The second-order valence-corrected chi connectivity index (χ2v) is 3.66. The monoisotopic (exact) mass is 174 g/mol. The van der Waals surface area contributed by atoms with Crippen molar-refractivity contribution in [2.24, 2.45) is 5.92 Å². The maximum atomic E-state index is 10.0. The van der Waals surface area contributed by atoms with E-state index in [-0.39, 0.29) is 0 Å². The predicted molar refractivity (Wildman–Crippen MR) is 45.8 cm³/mol. The lowest BCUT2D eigenvalue weighted by atomic mass is 9.73. The van der Waals surface area contributed by atoms with E-state index < -0.39 is 11.9 Å². The van der Waals surface area contributed by atoms with Crippen molar-refractivity contribution in [2.75, 3.05) is 14.2 Å². The van der Waals surface area contributed by atoms with Gasteiger partial charge in [0.15, 0.2) is 6.29 Å². The molecule has 1 saturated carbocycles. The molecule has 0 saturated heterocycles. The Morgan fingerprint density at radius 3 is 2.08 bits per heavy atom. The fourth-order valence-corrected chi connectivity index (χ4v) is 1.76. The normalized spacial score (nSPS) is 23.8. The molecule has 0 amide bonds. The molecule has 0 spiro atoms. The molecule has 0 aromatic carbocycles. The summed E-state index contributed by atoms with van der Waals surface area (Å²) in [4.78, 5) is 0. The van der Waals surface area contributed by atoms with E-state index in [2.05, 4.69) is 0 Å². The Morgan fingerprint density at radius 1 is 1.33 bits per heavy atom. The first-order valence-corrected chi connectivity index (χ1v) is 4.41. The quantitative estimate of drug-likeness (QED) is 0.650. The van der Waals surface area contributed by atoms with Gasteiger partial charge in [-0.2, -0.15) is 0 Å². The van der Waals surface area contributed by atoms with Crippen LogP contribution in [0.1, 0.15) is 26.2 Å². The van der Waals surface area contributed by atoms with E-state index in [0.717, 1.165) is 12.8 Å². The average Bonchev–Trinajstić information content (AvgIpc) is 1.83. The van der Waals surface area contributed by atoms with Crippen LogP contribution < -0.4 is 0 Å². The predicted octanol–water partition coefficient (Wildman–Crippen LogP) is 1.16. The summed E-state index contributed by atoms with van der Waals surface area (Å²) < 4.78 is 10.1. The molecule has 1 aliphatic rings. The Hall–Kier alpha value is -0.120. The molecule has 1 unspecified atom stereocenters. The fraction of sp³-hybridized carbons (Fsp3) is 1.00. The zero-order chi connectivity index (χ0) is 9.19. The molecule has 1 rings (SSSR count). The summed E-state index contributed by atoms with van der Waals surface area (Å²) in [5.74, 6) is 0.336. The van der Waals surface area contributed by atoms with Crippen molar-refractivity contribution in [2.45, 2.75) is 38.1 Å². The van der Waals surface area contributed by atoms with Crippen molar-refractivity contribution < 1.29 is 14.6 Å². The number of hydrogen-bond donors (Lipinski definition) is 1. The maximum Gasteiger partial charge on any atom is 0.185 e. The topological polar surface area (TPSA) is 38.7 Å². The first-order valence-electron chi connectivity index (χ1n) is 4.41. The highest BCUT2D eigenvalue weighted by atomic mass is 16.7. The molecule has 0 aliphatic heterocycles. The van der Waals surface area contributed by atoms with Gasteiger partial charge in [-0.3, -0.25) is 0 Å². The van der Waals surface area contributed by atoms with Gasteiger partial charge in [0.05, 0.1) is 0 Å². The van der Waals surface area contributed by atoms with Gasteiger partial charge in [-0.25, -0.2) is 0 Å². The van der Waals surface area contributed by atoms with Gasteiger partial charge in [-0.05, 0) is 25.7 Å². The molecule has 3 nitrogen and oxygen atoms in total. The van der Waals surface area contributed by atoms with Crippen LogP contribution in [0.25, 0.3) is 0 Å². The van der Waals surface area contributed by atoms with Crippen molar-refractivity contribution in [1.82, 2.24) is 0 Å². The van der Waals surface area contributed by atoms with Crippen LogP contribution >= 0.6 is 0 Å². The molecule has 3 heteroatoms. The largest absolute Gasteiger partial charge is 0.385 e. The molecule has 1 atom stereocenters. The van der Waals surface area contributed by atoms with Crippen LogP contribution in [0.3, 0.4) is 0 Å². The van der Waals surface area contributed by atoms with Crippen LogP contribution in [0.4, 0.5) is 0 Å². The molecule has 0 heterocycles. The molecule has 72 valence electrons. The summed E-state index contributed by atoms with van der Waals surface area (Å²) in [6, 6.07) is 0. The molecule has 0 bridgehead atoms. The van der Waals surface area contributed by atoms with Crippen LogP contribution in [-0.4, -0.2) is 31.2 Å². The first kappa shape index (κ1) is 9.96. The number of methoxy groups -OCH3 is 2. The summed E-state index contributed by atoms with van der Waals surface area (Å²) in [5, 5.41) is 10.0. The minimum Gasteiger partial charge on any atom is -0.385 e. The minimum absolute atomic E-state index is 0.336. The third-order valence-electron chi connectivity index (χ3n) is 2.84. The molecular formula is C9H18O3. The lowest BCUT2D eigenvalue weighted by Gasteiger charge is -2.42. The highest BCUT2D eigenvalue weighted by molar-refractivity contribution is 4.90. The van der Waals surface area contributed by atoms with Crippen LogP contribution in [0, 0.1) is 5.92 Å². The van der Waals surface area contributed by atoms with Gasteiger partial charge in [-0.1, -0.05) is 6.42 Å². The first-order chi connectivity index (χ1) is 5.62. The lowest BCUT2D eigenvalue weighted by Crippen LogP contribution is -2.50. The molecule has 0 aromatic heterocycles. The third kappa shape index (κ3) is 1.63. The molecule has 0 aromatic rings. The van der Waals surface area contributed by atoms with Gasteiger partial charge in [0, 0.05) is 14.2 Å². The van der Waals surface area contributed by atoms with Crippen molar-refractivity contribution >= 4 is 0 Å². The highest BCUT2D eigenvalue weighted by Crippen LogP contribution is 2.38. The van der Waals surface area contributed by atoms with E-state index in [1.807, 2.05) is 0 Å². The summed E-state index contributed by atoms with van der Waals surface area (Å²) in [5.41, 5.74) is -0.832. The van der Waals surface area contributed by atoms with Crippen LogP contribution in [0.15, 0.2) is 0 Å². The zero-order valence-corrected chi connectivity index (χ0v) is 8.04. The number of rotatable bonds is 4. The fourth-order valence-electron chi connectivity index (χ4n) is 1.76. The lowest BCUT2D eigenvalue weighted by molar-refractivity contribution is -0.236. The summed E-state index contributed by atoms with van der Waals surface area (Å²) >= 11 is 0. The summed E-state index contributed by atoms with van der Waals surface area (Å²) in [7, 11) is 3.11. The van der Waals surface area contributed by atoms with E-state index in [1.165, 1.54) is 6.42 Å². The Kier molecular flexibility index (Phi) is 3.09. The Labute approximate surface area is 73.7 Å². The van der Waals surface area contributed by atoms with Gasteiger partial charge in [0.25, 0.3) is 0 Å². The average molecular weight is 174 g/mol. The number of hydrogen-bond acceptors (Lipinski definition) is 3. The van der Waals surface area contributed by atoms with Crippen LogP contribution in [0.5, 0.6) is 0 Å². The van der Waals surface area contributed by atoms with Crippen molar-refractivity contribution in [3.05, 3.63) is 0 Å². The number of ether oxygens (including phenoxy) is 2. The Balaban J connectivity index is 2.54. The smallest absolute Gasteiger partial charge is 0.185 e. The maximum absolute atomic E-state index is 10.0. The standard InChI is InChI=1S/C9H18O3/c1-9(10,7-5-4-6-7)8(11-2)12-3/h7-8,10H,4-6H2,1-3H3. The van der Waals surface area contributed by atoms with E-state index in [1.54, 1.807) is 21.1 Å². The van der Waals surface area contributed by atoms with Crippen molar-refractivity contribution in [3.63, 3.8) is 0 Å². The molecule has 1 N–H and O–H groups in total. The van der Waals surface area contributed by atoms with Crippen molar-refractivity contribution in [1.29, 1.82) is 0 Å².